The van der Waals surface area contributed by atoms with Crippen LogP contribution in [0.4, 0.5) is 24.7 Å². The molecule has 1 saturated carbocycles. The maximum absolute atomic E-state index is 12.6. The summed E-state index contributed by atoms with van der Waals surface area (Å²) in [7, 11) is 0. The number of nitrogens with zero attached hydrogens (tertiary/aromatic N) is 2. The van der Waals surface area contributed by atoms with Crippen molar-refractivity contribution in [1.82, 2.24) is 4.98 Å². The highest BCUT2D eigenvalue weighted by Gasteiger charge is 2.31. The Hall–Kier alpha value is -2.24. The molecule has 1 aromatic carbocycles. The minimum Gasteiger partial charge on any atom is -0.384 e. The molecule has 0 saturated heterocycles. The molecule has 0 amide bonds. The fraction of sp³-hybridized carbons (Fsp3) is 0.312. The highest BCUT2D eigenvalue weighted by Crippen LogP contribution is 2.34. The summed E-state index contributed by atoms with van der Waals surface area (Å²) in [6.45, 7) is 0.564. The van der Waals surface area contributed by atoms with Crippen LogP contribution in [0.15, 0.2) is 42.6 Å². The number of rotatable bonds is 4. The van der Waals surface area contributed by atoms with E-state index in [0.29, 0.717) is 18.4 Å². The van der Waals surface area contributed by atoms with Crippen LogP contribution in [0.3, 0.4) is 0 Å². The Kier molecular flexibility index (Phi) is 3.68. The van der Waals surface area contributed by atoms with Gasteiger partial charge in [-0.1, -0.05) is 12.1 Å². The average molecular weight is 307 g/mol. The third-order valence-corrected chi connectivity index (χ3v) is 3.72. The largest absolute Gasteiger partial charge is 0.416 e. The molecule has 1 aromatic heterocycles. The van der Waals surface area contributed by atoms with Crippen molar-refractivity contribution in [2.45, 2.75) is 31.6 Å². The molecule has 2 aromatic rings. The number of benzene rings is 1. The van der Waals surface area contributed by atoms with Crippen LogP contribution in [0.5, 0.6) is 0 Å². The minimum absolute atomic E-state index is 0.424. The zero-order chi connectivity index (χ0) is 15.7. The second kappa shape index (κ2) is 5.51. The van der Waals surface area contributed by atoms with Gasteiger partial charge in [-0.25, -0.2) is 4.98 Å². The normalized spacial score (nSPS) is 14.9. The molecule has 1 fully saturated rings. The molecule has 0 unspecified atom stereocenters. The van der Waals surface area contributed by atoms with E-state index in [2.05, 4.69) is 9.88 Å². The Morgan fingerprint density at radius 1 is 1.09 bits per heavy atom. The van der Waals surface area contributed by atoms with E-state index >= 15 is 0 Å². The van der Waals surface area contributed by atoms with Gasteiger partial charge in [0.05, 0.1) is 17.4 Å². The van der Waals surface area contributed by atoms with E-state index < -0.39 is 11.7 Å². The van der Waals surface area contributed by atoms with Gasteiger partial charge in [-0.3, -0.25) is 0 Å². The highest BCUT2D eigenvalue weighted by atomic mass is 19.4. The number of nitrogen functional groups attached to an aromatic ring is 1. The zero-order valence-corrected chi connectivity index (χ0v) is 11.8. The van der Waals surface area contributed by atoms with Crippen molar-refractivity contribution in [3.8, 4) is 0 Å². The van der Waals surface area contributed by atoms with Gasteiger partial charge < -0.3 is 10.6 Å². The van der Waals surface area contributed by atoms with Gasteiger partial charge in [0.2, 0.25) is 0 Å². The van der Waals surface area contributed by atoms with E-state index in [1.165, 1.54) is 12.1 Å². The molecular formula is C16H16F3N3. The van der Waals surface area contributed by atoms with Gasteiger partial charge in [0.25, 0.3) is 0 Å². The third-order valence-electron chi connectivity index (χ3n) is 3.72. The lowest BCUT2D eigenvalue weighted by molar-refractivity contribution is -0.137. The smallest absolute Gasteiger partial charge is 0.384 e. The fourth-order valence-corrected chi connectivity index (χ4v) is 2.38. The van der Waals surface area contributed by atoms with E-state index in [1.54, 1.807) is 12.3 Å². The van der Waals surface area contributed by atoms with Gasteiger partial charge in [0, 0.05) is 12.6 Å². The van der Waals surface area contributed by atoms with E-state index in [9.17, 15) is 13.2 Å². The first kappa shape index (κ1) is 14.7. The van der Waals surface area contributed by atoms with Crippen molar-refractivity contribution < 1.29 is 13.2 Å². The summed E-state index contributed by atoms with van der Waals surface area (Å²) in [5.41, 5.74) is 6.76. The van der Waals surface area contributed by atoms with E-state index in [1.807, 2.05) is 6.07 Å². The number of anilines is 2. The molecule has 0 spiro atoms. The second-order valence-corrected chi connectivity index (χ2v) is 5.50. The first-order chi connectivity index (χ1) is 10.4. The number of aromatic nitrogens is 1. The van der Waals surface area contributed by atoms with E-state index in [-0.39, 0.29) is 0 Å². The van der Waals surface area contributed by atoms with Crippen LogP contribution < -0.4 is 10.6 Å². The summed E-state index contributed by atoms with van der Waals surface area (Å²) in [6, 6.07) is 9.37. The number of hydrogen-bond donors (Lipinski definition) is 1. The lowest BCUT2D eigenvalue weighted by Crippen LogP contribution is -2.25. The predicted octanol–water partition coefficient (Wildman–Crippen LogP) is 3.85. The maximum atomic E-state index is 12.6. The minimum atomic E-state index is -4.30. The Morgan fingerprint density at radius 2 is 1.77 bits per heavy atom. The topological polar surface area (TPSA) is 42.1 Å². The van der Waals surface area contributed by atoms with Crippen LogP contribution in [-0.4, -0.2) is 11.0 Å². The zero-order valence-electron chi connectivity index (χ0n) is 11.8. The summed E-state index contributed by atoms with van der Waals surface area (Å²) in [6.07, 6.45) is -0.413. The molecule has 2 N–H and O–H groups in total. The third kappa shape index (κ3) is 3.32. The summed E-state index contributed by atoms with van der Waals surface area (Å²) in [5, 5.41) is 0. The molecule has 116 valence electrons. The van der Waals surface area contributed by atoms with Crippen molar-refractivity contribution >= 4 is 11.5 Å². The molecule has 1 heterocycles. The van der Waals surface area contributed by atoms with Crippen LogP contribution in [0.1, 0.15) is 24.0 Å². The Balaban J connectivity index is 1.78. The molecule has 3 nitrogen and oxygen atoms in total. The van der Waals surface area contributed by atoms with E-state index in [4.69, 9.17) is 5.73 Å². The van der Waals surface area contributed by atoms with Gasteiger partial charge >= 0.3 is 6.18 Å². The number of alkyl halides is 3. The van der Waals surface area contributed by atoms with Crippen molar-refractivity contribution in [1.29, 1.82) is 0 Å². The van der Waals surface area contributed by atoms with Crippen molar-refractivity contribution in [2.75, 3.05) is 10.6 Å². The van der Waals surface area contributed by atoms with Crippen molar-refractivity contribution in [3.05, 3.63) is 53.7 Å². The maximum Gasteiger partial charge on any atom is 0.416 e. The molecule has 6 heteroatoms. The summed E-state index contributed by atoms with van der Waals surface area (Å²) in [4.78, 5) is 6.25. The molecule has 0 atom stereocenters. The molecule has 3 rings (SSSR count). The van der Waals surface area contributed by atoms with Crippen LogP contribution in [0, 0.1) is 0 Å². The summed E-state index contributed by atoms with van der Waals surface area (Å²) in [5.74, 6) is 0.453. The van der Waals surface area contributed by atoms with Gasteiger partial charge in [-0.15, -0.1) is 0 Å². The summed E-state index contributed by atoms with van der Waals surface area (Å²) >= 11 is 0. The number of halogens is 3. The fourth-order valence-electron chi connectivity index (χ4n) is 2.38. The highest BCUT2D eigenvalue weighted by molar-refractivity contribution is 5.50. The first-order valence-electron chi connectivity index (χ1n) is 7.08. The van der Waals surface area contributed by atoms with Gasteiger partial charge in [-0.2, -0.15) is 13.2 Å². The SMILES string of the molecule is Nc1ccc(N(Cc2ccc(C(F)(F)F)cc2)C2CC2)cn1. The predicted molar refractivity (Wildman–Crippen MR) is 79.3 cm³/mol. The van der Waals surface area contributed by atoms with Gasteiger partial charge in [0.1, 0.15) is 5.82 Å². The van der Waals surface area contributed by atoms with Gasteiger partial charge in [0.15, 0.2) is 0 Å². The molecule has 22 heavy (non-hydrogen) atoms. The molecule has 0 aliphatic heterocycles. The standard InChI is InChI=1S/C16H16F3N3/c17-16(18,19)12-3-1-11(2-4-12)10-22(13-5-6-13)14-7-8-15(20)21-9-14/h1-4,7-9,13H,5-6,10H2,(H2,20,21). The lowest BCUT2D eigenvalue weighted by Gasteiger charge is -2.24. The van der Waals surface area contributed by atoms with Crippen LogP contribution in [-0.2, 0) is 12.7 Å². The molecular weight excluding hydrogens is 291 g/mol. The van der Waals surface area contributed by atoms with Crippen LogP contribution in [0.25, 0.3) is 0 Å². The average Bonchev–Trinajstić information content (AvgIpc) is 3.30. The second-order valence-electron chi connectivity index (χ2n) is 5.50. The number of nitrogens with two attached hydrogens (primary N) is 1. The Morgan fingerprint density at radius 3 is 2.27 bits per heavy atom. The monoisotopic (exact) mass is 307 g/mol. The Bertz CT molecular complexity index is 631. The van der Waals surface area contributed by atoms with Crippen LogP contribution >= 0.6 is 0 Å². The quantitative estimate of drug-likeness (QED) is 0.933. The van der Waals surface area contributed by atoms with Crippen LogP contribution in [0.2, 0.25) is 0 Å². The van der Waals surface area contributed by atoms with Gasteiger partial charge in [-0.05, 0) is 42.7 Å². The number of pyridine rings is 1. The molecule has 0 bridgehead atoms. The molecule has 1 aliphatic carbocycles. The first-order valence-corrected chi connectivity index (χ1v) is 7.08. The molecule has 1 aliphatic rings. The Labute approximate surface area is 126 Å². The van der Waals surface area contributed by atoms with Crippen molar-refractivity contribution in [3.63, 3.8) is 0 Å². The summed E-state index contributed by atoms with van der Waals surface area (Å²) < 4.78 is 37.8. The number of hydrogen-bond acceptors (Lipinski definition) is 3. The van der Waals surface area contributed by atoms with E-state index in [0.717, 1.165) is 36.2 Å². The lowest BCUT2D eigenvalue weighted by atomic mass is 10.1. The molecule has 0 radical (unpaired) electrons. The van der Waals surface area contributed by atoms with Crippen molar-refractivity contribution in [2.24, 2.45) is 0 Å².